The van der Waals surface area contributed by atoms with E-state index in [1.807, 2.05) is 12.1 Å². The summed E-state index contributed by atoms with van der Waals surface area (Å²) in [6.45, 7) is 1.49. The van der Waals surface area contributed by atoms with Crippen LogP contribution in [0.1, 0.15) is 18.5 Å². The van der Waals surface area contributed by atoms with Gasteiger partial charge in [0, 0.05) is 6.20 Å². The second kappa shape index (κ2) is 4.71. The summed E-state index contributed by atoms with van der Waals surface area (Å²) in [5.74, 6) is 0. The van der Waals surface area contributed by atoms with E-state index in [-0.39, 0.29) is 12.4 Å². The van der Waals surface area contributed by atoms with Gasteiger partial charge >= 0.3 is 0 Å². The first-order valence-corrected chi connectivity index (χ1v) is 4.62. The minimum Gasteiger partial charge on any atom is -0.316 e. The Morgan fingerprint density at radius 1 is 1.29 bits per heavy atom. The van der Waals surface area contributed by atoms with E-state index in [0.29, 0.717) is 18.5 Å². The molecule has 0 saturated carbocycles. The summed E-state index contributed by atoms with van der Waals surface area (Å²) in [5, 5.41) is 3.14. The van der Waals surface area contributed by atoms with Gasteiger partial charge in [-0.1, -0.05) is 6.07 Å². The van der Waals surface area contributed by atoms with Gasteiger partial charge in [-0.2, -0.15) is 0 Å². The molecule has 0 spiro atoms. The first-order valence-electron chi connectivity index (χ1n) is 4.62. The average molecular weight is 217 g/mol. The fraction of sp³-hybridized carbons (Fsp3) is 0.500. The van der Waals surface area contributed by atoms with Crippen LogP contribution in [0.5, 0.6) is 0 Å². The van der Waals surface area contributed by atoms with E-state index < -0.39 is 5.67 Å². The molecular formula is C10H14ClFN2. The molecule has 2 heterocycles. The Balaban J connectivity index is 0.000000980. The smallest absolute Gasteiger partial charge is 0.155 e. The molecule has 0 bridgehead atoms. The van der Waals surface area contributed by atoms with E-state index in [0.717, 1.165) is 13.1 Å². The highest BCUT2D eigenvalue weighted by molar-refractivity contribution is 5.85. The van der Waals surface area contributed by atoms with Crippen LogP contribution in [0.2, 0.25) is 0 Å². The first kappa shape index (κ1) is 11.4. The van der Waals surface area contributed by atoms with Gasteiger partial charge in [0.15, 0.2) is 5.67 Å². The zero-order chi connectivity index (χ0) is 9.15. The summed E-state index contributed by atoms with van der Waals surface area (Å²) in [4.78, 5) is 4.07. The molecule has 1 N–H and O–H groups in total. The van der Waals surface area contributed by atoms with E-state index >= 15 is 0 Å². The number of rotatable bonds is 1. The Morgan fingerprint density at radius 3 is 2.57 bits per heavy atom. The van der Waals surface area contributed by atoms with Gasteiger partial charge in [-0.3, -0.25) is 4.98 Å². The molecule has 0 radical (unpaired) electrons. The predicted octanol–water partition coefficient (Wildman–Crippen LogP) is 2.05. The van der Waals surface area contributed by atoms with Gasteiger partial charge in [0.1, 0.15) is 0 Å². The van der Waals surface area contributed by atoms with Crippen LogP contribution < -0.4 is 5.32 Å². The van der Waals surface area contributed by atoms with Crippen LogP contribution >= 0.6 is 12.4 Å². The van der Waals surface area contributed by atoms with Gasteiger partial charge in [-0.25, -0.2) is 4.39 Å². The van der Waals surface area contributed by atoms with Crippen LogP contribution in [-0.2, 0) is 5.67 Å². The fourth-order valence-electron chi connectivity index (χ4n) is 1.71. The molecule has 0 aliphatic carbocycles. The van der Waals surface area contributed by atoms with Crippen LogP contribution in [0.4, 0.5) is 4.39 Å². The summed E-state index contributed by atoms with van der Waals surface area (Å²) in [6.07, 6.45) is 2.72. The number of nitrogens with zero attached hydrogens (tertiary/aromatic N) is 1. The van der Waals surface area contributed by atoms with Crippen LogP contribution in [0.25, 0.3) is 0 Å². The third kappa shape index (κ3) is 2.22. The lowest BCUT2D eigenvalue weighted by Gasteiger charge is -2.29. The van der Waals surface area contributed by atoms with Crippen molar-refractivity contribution >= 4 is 12.4 Å². The van der Waals surface area contributed by atoms with E-state index in [4.69, 9.17) is 0 Å². The zero-order valence-electron chi connectivity index (χ0n) is 7.87. The number of nitrogens with one attached hydrogen (secondary N) is 1. The Morgan fingerprint density at radius 2 is 2.00 bits per heavy atom. The van der Waals surface area contributed by atoms with Gasteiger partial charge in [0.2, 0.25) is 0 Å². The maximum Gasteiger partial charge on any atom is 0.155 e. The third-order valence-corrected chi connectivity index (χ3v) is 2.52. The Bertz CT molecular complexity index is 273. The van der Waals surface area contributed by atoms with Crippen LogP contribution in [0.3, 0.4) is 0 Å². The van der Waals surface area contributed by atoms with Crippen molar-refractivity contribution in [1.29, 1.82) is 0 Å². The van der Waals surface area contributed by atoms with Crippen molar-refractivity contribution in [2.75, 3.05) is 13.1 Å². The number of piperidine rings is 1. The number of hydrogen-bond acceptors (Lipinski definition) is 2. The van der Waals surface area contributed by atoms with Crippen molar-refractivity contribution in [3.05, 3.63) is 30.1 Å². The van der Waals surface area contributed by atoms with Gasteiger partial charge in [0.05, 0.1) is 5.69 Å². The third-order valence-electron chi connectivity index (χ3n) is 2.52. The maximum absolute atomic E-state index is 14.2. The normalized spacial score (nSPS) is 19.8. The van der Waals surface area contributed by atoms with Gasteiger partial charge in [0.25, 0.3) is 0 Å². The van der Waals surface area contributed by atoms with Gasteiger partial charge in [-0.05, 0) is 38.1 Å². The Labute approximate surface area is 89.3 Å². The zero-order valence-corrected chi connectivity index (χ0v) is 8.69. The molecule has 2 nitrogen and oxygen atoms in total. The molecule has 1 aromatic heterocycles. The first-order chi connectivity index (χ1) is 6.31. The van der Waals surface area contributed by atoms with Gasteiger partial charge < -0.3 is 5.32 Å². The standard InChI is InChI=1S/C10H13FN2.ClH/c11-10(4-7-12-8-5-10)9-3-1-2-6-13-9;/h1-3,6,12H,4-5,7-8H2;1H. The monoisotopic (exact) mass is 216 g/mol. The molecule has 0 atom stereocenters. The lowest BCUT2D eigenvalue weighted by atomic mass is 9.90. The molecule has 14 heavy (non-hydrogen) atoms. The van der Waals surface area contributed by atoms with E-state index in [2.05, 4.69) is 10.3 Å². The number of aromatic nitrogens is 1. The number of halogens is 2. The van der Waals surface area contributed by atoms with Crippen molar-refractivity contribution in [2.45, 2.75) is 18.5 Å². The number of pyridine rings is 1. The van der Waals surface area contributed by atoms with Crippen molar-refractivity contribution < 1.29 is 4.39 Å². The molecule has 1 aliphatic rings. The minimum absolute atomic E-state index is 0. The molecule has 0 aromatic carbocycles. The van der Waals surface area contributed by atoms with E-state index in [1.54, 1.807) is 12.3 Å². The van der Waals surface area contributed by atoms with Gasteiger partial charge in [-0.15, -0.1) is 12.4 Å². The maximum atomic E-state index is 14.2. The number of hydrogen-bond donors (Lipinski definition) is 1. The lowest BCUT2D eigenvalue weighted by Crippen LogP contribution is -2.37. The van der Waals surface area contributed by atoms with Crippen molar-refractivity contribution in [2.24, 2.45) is 0 Å². The molecule has 1 aromatic rings. The quantitative estimate of drug-likeness (QED) is 0.777. The second-order valence-electron chi connectivity index (χ2n) is 3.43. The summed E-state index contributed by atoms with van der Waals surface area (Å²) in [5.41, 5.74) is -0.622. The molecule has 1 fully saturated rings. The van der Waals surface area contributed by atoms with E-state index in [1.165, 1.54) is 0 Å². The Kier molecular flexibility index (Phi) is 3.84. The summed E-state index contributed by atoms with van der Waals surface area (Å²) < 4.78 is 14.2. The topological polar surface area (TPSA) is 24.9 Å². The van der Waals surface area contributed by atoms with Crippen LogP contribution in [0.15, 0.2) is 24.4 Å². The number of alkyl halides is 1. The largest absolute Gasteiger partial charge is 0.316 e. The molecule has 4 heteroatoms. The highest BCUT2D eigenvalue weighted by Crippen LogP contribution is 2.33. The fourth-order valence-corrected chi connectivity index (χ4v) is 1.71. The van der Waals surface area contributed by atoms with Crippen LogP contribution in [0, 0.1) is 0 Å². The van der Waals surface area contributed by atoms with Crippen molar-refractivity contribution in [3.63, 3.8) is 0 Å². The molecular weight excluding hydrogens is 203 g/mol. The summed E-state index contributed by atoms with van der Waals surface area (Å²) >= 11 is 0. The van der Waals surface area contributed by atoms with E-state index in [9.17, 15) is 4.39 Å². The molecule has 1 saturated heterocycles. The highest BCUT2D eigenvalue weighted by Gasteiger charge is 2.34. The molecule has 2 rings (SSSR count). The average Bonchev–Trinajstić information content (AvgIpc) is 2.20. The molecule has 1 aliphatic heterocycles. The van der Waals surface area contributed by atoms with Crippen LogP contribution in [-0.4, -0.2) is 18.1 Å². The van der Waals surface area contributed by atoms with Crippen molar-refractivity contribution in [3.8, 4) is 0 Å². The second-order valence-corrected chi connectivity index (χ2v) is 3.43. The molecule has 78 valence electrons. The lowest BCUT2D eigenvalue weighted by molar-refractivity contribution is 0.110. The molecule has 0 amide bonds. The summed E-state index contributed by atoms with van der Waals surface area (Å²) in [6, 6.07) is 5.42. The van der Waals surface area contributed by atoms with Crippen molar-refractivity contribution in [1.82, 2.24) is 10.3 Å². The summed E-state index contributed by atoms with van der Waals surface area (Å²) in [7, 11) is 0. The highest BCUT2D eigenvalue weighted by atomic mass is 35.5. The Hall–Kier alpha value is -0.670. The minimum atomic E-state index is -1.20. The molecule has 0 unspecified atom stereocenters. The SMILES string of the molecule is Cl.FC1(c2ccccn2)CCNCC1. The predicted molar refractivity (Wildman–Crippen MR) is 56.4 cm³/mol.